The number of rotatable bonds is 7. The molecule has 3 N–H and O–H groups in total. The SMILES string of the molecule is CSCC(C)CNC(=O)c1csc(CCN)n1. The molecular formula is C11H19N3OS2. The normalized spacial score (nSPS) is 12.4. The van der Waals surface area contributed by atoms with Gasteiger partial charge in [-0.2, -0.15) is 11.8 Å². The largest absolute Gasteiger partial charge is 0.350 e. The standard InChI is InChI=1S/C11H19N3OS2/c1-8(6-16-2)5-13-11(15)9-7-17-10(14-9)3-4-12/h7-8H,3-6,12H2,1-2H3,(H,13,15). The molecule has 0 bridgehead atoms. The van der Waals surface area contributed by atoms with Gasteiger partial charge in [0.2, 0.25) is 0 Å². The quantitative estimate of drug-likeness (QED) is 0.787. The van der Waals surface area contributed by atoms with Gasteiger partial charge in [-0.15, -0.1) is 11.3 Å². The number of amides is 1. The second-order valence-electron chi connectivity index (χ2n) is 3.94. The molecule has 1 aromatic heterocycles. The minimum atomic E-state index is -0.0857. The zero-order chi connectivity index (χ0) is 12.7. The van der Waals surface area contributed by atoms with E-state index in [1.54, 1.807) is 17.1 Å². The van der Waals surface area contributed by atoms with Crippen LogP contribution in [0, 0.1) is 5.92 Å². The lowest BCUT2D eigenvalue weighted by Crippen LogP contribution is -2.29. The summed E-state index contributed by atoms with van der Waals surface area (Å²) in [6, 6.07) is 0. The van der Waals surface area contributed by atoms with Gasteiger partial charge in [0, 0.05) is 18.3 Å². The van der Waals surface area contributed by atoms with Crippen molar-refractivity contribution in [3.05, 3.63) is 16.1 Å². The highest BCUT2D eigenvalue weighted by molar-refractivity contribution is 7.98. The van der Waals surface area contributed by atoms with E-state index in [9.17, 15) is 4.79 Å². The van der Waals surface area contributed by atoms with E-state index in [2.05, 4.69) is 23.5 Å². The van der Waals surface area contributed by atoms with Gasteiger partial charge in [-0.05, 0) is 24.5 Å². The molecule has 1 rings (SSSR count). The van der Waals surface area contributed by atoms with Crippen LogP contribution in [0.4, 0.5) is 0 Å². The average molecular weight is 273 g/mol. The molecule has 1 atom stereocenters. The number of nitrogens with one attached hydrogen (secondary N) is 1. The Kier molecular flexibility index (Phi) is 6.54. The van der Waals surface area contributed by atoms with Crippen molar-refractivity contribution in [2.75, 3.05) is 25.1 Å². The summed E-state index contributed by atoms with van der Waals surface area (Å²) < 4.78 is 0. The number of aromatic nitrogens is 1. The maximum absolute atomic E-state index is 11.8. The molecule has 0 aromatic carbocycles. The summed E-state index contributed by atoms with van der Waals surface area (Å²) in [6.45, 7) is 3.39. The van der Waals surface area contributed by atoms with Gasteiger partial charge in [0.25, 0.3) is 5.91 Å². The lowest BCUT2D eigenvalue weighted by Gasteiger charge is -2.09. The molecule has 1 unspecified atom stereocenters. The summed E-state index contributed by atoms with van der Waals surface area (Å²) in [5, 5.41) is 5.62. The van der Waals surface area contributed by atoms with Crippen LogP contribution in [0.15, 0.2) is 5.38 Å². The second kappa shape index (κ2) is 7.68. The lowest BCUT2D eigenvalue weighted by molar-refractivity contribution is 0.0945. The van der Waals surface area contributed by atoms with Crippen molar-refractivity contribution in [3.63, 3.8) is 0 Å². The molecule has 4 nitrogen and oxygen atoms in total. The van der Waals surface area contributed by atoms with Crippen LogP contribution in [-0.2, 0) is 6.42 Å². The molecule has 0 saturated heterocycles. The first-order valence-corrected chi connectivity index (χ1v) is 7.86. The van der Waals surface area contributed by atoms with Gasteiger partial charge < -0.3 is 11.1 Å². The Morgan fingerprint density at radius 2 is 2.47 bits per heavy atom. The molecule has 0 aliphatic rings. The van der Waals surface area contributed by atoms with Crippen LogP contribution in [0.5, 0.6) is 0 Å². The van der Waals surface area contributed by atoms with Crippen LogP contribution in [0.1, 0.15) is 22.4 Å². The molecule has 0 aliphatic heterocycles. The highest BCUT2D eigenvalue weighted by Gasteiger charge is 2.11. The minimum Gasteiger partial charge on any atom is -0.350 e. The highest BCUT2D eigenvalue weighted by Crippen LogP contribution is 2.10. The van der Waals surface area contributed by atoms with E-state index < -0.39 is 0 Å². The van der Waals surface area contributed by atoms with E-state index in [4.69, 9.17) is 5.73 Å². The smallest absolute Gasteiger partial charge is 0.270 e. The Hall–Kier alpha value is -0.590. The van der Waals surface area contributed by atoms with Gasteiger partial charge in [-0.3, -0.25) is 4.79 Å². The van der Waals surface area contributed by atoms with Crippen molar-refractivity contribution in [2.24, 2.45) is 11.7 Å². The molecule has 1 heterocycles. The Labute approximate surface area is 110 Å². The molecule has 0 spiro atoms. The molecule has 0 radical (unpaired) electrons. The topological polar surface area (TPSA) is 68.0 Å². The van der Waals surface area contributed by atoms with Crippen molar-refractivity contribution in [2.45, 2.75) is 13.3 Å². The number of nitrogens with two attached hydrogens (primary N) is 1. The van der Waals surface area contributed by atoms with Gasteiger partial charge >= 0.3 is 0 Å². The molecule has 17 heavy (non-hydrogen) atoms. The number of thiazole rings is 1. The molecule has 1 aromatic rings. The van der Waals surface area contributed by atoms with Crippen LogP contribution in [0.3, 0.4) is 0 Å². The Balaban J connectivity index is 2.40. The molecular weight excluding hydrogens is 254 g/mol. The fourth-order valence-electron chi connectivity index (χ4n) is 1.35. The molecule has 0 saturated carbocycles. The van der Waals surface area contributed by atoms with Crippen molar-refractivity contribution >= 4 is 29.0 Å². The minimum absolute atomic E-state index is 0.0857. The summed E-state index contributed by atoms with van der Waals surface area (Å²) in [7, 11) is 0. The number of carbonyl (C=O) groups is 1. The second-order valence-corrected chi connectivity index (χ2v) is 5.79. The Bertz CT molecular complexity index is 354. The van der Waals surface area contributed by atoms with Crippen LogP contribution >= 0.6 is 23.1 Å². The van der Waals surface area contributed by atoms with E-state index in [-0.39, 0.29) is 5.91 Å². The van der Waals surface area contributed by atoms with Crippen LogP contribution in [0.25, 0.3) is 0 Å². The van der Waals surface area contributed by atoms with Crippen molar-refractivity contribution in [1.82, 2.24) is 10.3 Å². The summed E-state index contributed by atoms with van der Waals surface area (Å²) >= 11 is 3.28. The summed E-state index contributed by atoms with van der Waals surface area (Å²) in [6.07, 6.45) is 2.80. The van der Waals surface area contributed by atoms with E-state index >= 15 is 0 Å². The van der Waals surface area contributed by atoms with Gasteiger partial charge in [-0.1, -0.05) is 6.92 Å². The zero-order valence-corrected chi connectivity index (χ0v) is 11.9. The van der Waals surface area contributed by atoms with Crippen molar-refractivity contribution in [1.29, 1.82) is 0 Å². The Morgan fingerprint density at radius 3 is 3.12 bits per heavy atom. The first-order valence-electron chi connectivity index (χ1n) is 5.59. The molecule has 96 valence electrons. The maximum atomic E-state index is 11.8. The highest BCUT2D eigenvalue weighted by atomic mass is 32.2. The summed E-state index contributed by atoms with van der Waals surface area (Å²) in [4.78, 5) is 16.0. The van der Waals surface area contributed by atoms with E-state index in [1.165, 1.54) is 11.3 Å². The number of carbonyl (C=O) groups excluding carboxylic acids is 1. The maximum Gasteiger partial charge on any atom is 0.270 e. The number of nitrogens with zero attached hydrogens (tertiary/aromatic N) is 1. The first-order chi connectivity index (χ1) is 8.17. The summed E-state index contributed by atoms with van der Waals surface area (Å²) in [5.74, 6) is 1.45. The number of hydrogen-bond donors (Lipinski definition) is 2. The third-order valence-electron chi connectivity index (χ3n) is 2.20. The number of thioether (sulfide) groups is 1. The fraction of sp³-hybridized carbons (Fsp3) is 0.636. The lowest BCUT2D eigenvalue weighted by atomic mass is 10.2. The third-order valence-corrected chi connectivity index (χ3v) is 4.02. The molecule has 1 amide bonds. The van der Waals surface area contributed by atoms with Crippen molar-refractivity contribution < 1.29 is 4.79 Å². The van der Waals surface area contributed by atoms with Gasteiger partial charge in [-0.25, -0.2) is 4.98 Å². The van der Waals surface area contributed by atoms with Crippen LogP contribution in [0.2, 0.25) is 0 Å². The van der Waals surface area contributed by atoms with Gasteiger partial charge in [0.1, 0.15) is 5.69 Å². The predicted octanol–water partition coefficient (Wildman–Crippen LogP) is 1.37. The fourth-order valence-corrected chi connectivity index (χ4v) is 2.84. The monoisotopic (exact) mass is 273 g/mol. The predicted molar refractivity (Wildman–Crippen MR) is 74.8 cm³/mol. The first kappa shape index (κ1) is 14.5. The number of hydrogen-bond acceptors (Lipinski definition) is 5. The van der Waals surface area contributed by atoms with Gasteiger partial charge in [0.15, 0.2) is 0 Å². The van der Waals surface area contributed by atoms with Crippen LogP contribution in [-0.4, -0.2) is 36.0 Å². The van der Waals surface area contributed by atoms with Crippen LogP contribution < -0.4 is 11.1 Å². The van der Waals surface area contributed by atoms with E-state index in [0.717, 1.165) is 17.2 Å². The van der Waals surface area contributed by atoms with Crippen molar-refractivity contribution in [3.8, 4) is 0 Å². The Morgan fingerprint density at radius 1 is 1.71 bits per heavy atom. The summed E-state index contributed by atoms with van der Waals surface area (Å²) in [5.41, 5.74) is 5.95. The zero-order valence-electron chi connectivity index (χ0n) is 10.2. The molecule has 0 fully saturated rings. The van der Waals surface area contributed by atoms with Gasteiger partial charge in [0.05, 0.1) is 5.01 Å². The average Bonchev–Trinajstić information content (AvgIpc) is 2.75. The third kappa shape index (κ3) is 5.06. The molecule has 0 aliphatic carbocycles. The molecule has 6 heteroatoms. The van der Waals surface area contributed by atoms with E-state index in [0.29, 0.717) is 24.7 Å². The van der Waals surface area contributed by atoms with E-state index in [1.807, 2.05) is 0 Å².